The average Bonchev–Trinajstić information content (AvgIpc) is 2.43. The van der Waals surface area contributed by atoms with Gasteiger partial charge in [0.2, 0.25) is 0 Å². The molecule has 1 saturated carbocycles. The van der Waals surface area contributed by atoms with Crippen LogP contribution < -0.4 is 10.1 Å². The summed E-state index contributed by atoms with van der Waals surface area (Å²) < 4.78 is 24.7. The second kappa shape index (κ2) is 7.25. The molecule has 3 unspecified atom stereocenters. The summed E-state index contributed by atoms with van der Waals surface area (Å²) in [5, 5.41) is 3.53. The summed E-state index contributed by atoms with van der Waals surface area (Å²) in [6.45, 7) is 5.74. The monoisotopic (exact) mass is 301 g/mol. The molecule has 1 aromatic carbocycles. The minimum atomic E-state index is -0.434. The van der Waals surface area contributed by atoms with Crippen LogP contribution in [0.2, 0.25) is 5.02 Å². The van der Waals surface area contributed by atoms with Gasteiger partial charge in [-0.1, -0.05) is 18.5 Å². The van der Waals surface area contributed by atoms with Crippen LogP contribution in [0.25, 0.3) is 0 Å². The maximum atomic E-state index is 13.1. The SMILES string of the molecule is CCCNC1CC(Oc2ccc(F)c(Cl)c2)C1OCC. The Hall–Kier alpha value is -0.840. The summed E-state index contributed by atoms with van der Waals surface area (Å²) >= 11 is 5.75. The molecule has 0 amide bonds. The Kier molecular flexibility index (Phi) is 5.64. The van der Waals surface area contributed by atoms with Crippen molar-refractivity contribution in [2.24, 2.45) is 0 Å². The normalized spacial score (nSPS) is 25.3. The lowest BCUT2D eigenvalue weighted by molar-refractivity contribution is -0.104. The van der Waals surface area contributed by atoms with Crippen LogP contribution in [0, 0.1) is 5.82 Å². The van der Waals surface area contributed by atoms with Gasteiger partial charge in [-0.2, -0.15) is 0 Å². The fourth-order valence-electron chi connectivity index (χ4n) is 2.37. The van der Waals surface area contributed by atoms with E-state index >= 15 is 0 Å². The van der Waals surface area contributed by atoms with E-state index < -0.39 is 5.82 Å². The van der Waals surface area contributed by atoms with Crippen molar-refractivity contribution in [3.8, 4) is 5.75 Å². The molecule has 1 fully saturated rings. The summed E-state index contributed by atoms with van der Waals surface area (Å²) in [5.74, 6) is 0.150. The molecule has 1 aliphatic carbocycles. The van der Waals surface area contributed by atoms with Crippen LogP contribution in [0.4, 0.5) is 4.39 Å². The highest BCUT2D eigenvalue weighted by Gasteiger charge is 2.43. The first-order chi connectivity index (χ1) is 9.65. The average molecular weight is 302 g/mol. The molecule has 3 nitrogen and oxygen atoms in total. The zero-order chi connectivity index (χ0) is 14.5. The zero-order valence-corrected chi connectivity index (χ0v) is 12.6. The third-order valence-corrected chi connectivity index (χ3v) is 3.73. The van der Waals surface area contributed by atoms with Gasteiger partial charge >= 0.3 is 0 Å². The first-order valence-corrected chi connectivity index (χ1v) is 7.50. The Balaban J connectivity index is 1.93. The standard InChI is InChI=1S/C15H21ClFNO2/c1-3-7-18-13-9-14(15(13)19-4-2)20-10-5-6-12(17)11(16)8-10/h5-6,8,13-15,18H,3-4,7,9H2,1-2H3. The van der Waals surface area contributed by atoms with Gasteiger partial charge in [-0.3, -0.25) is 0 Å². The zero-order valence-electron chi connectivity index (χ0n) is 11.9. The number of benzene rings is 1. The third-order valence-electron chi connectivity index (χ3n) is 3.44. The minimum absolute atomic E-state index is 0.00849. The van der Waals surface area contributed by atoms with Gasteiger partial charge in [0.05, 0.1) is 5.02 Å². The van der Waals surface area contributed by atoms with Gasteiger partial charge in [0.1, 0.15) is 23.8 Å². The number of hydrogen-bond donors (Lipinski definition) is 1. The van der Waals surface area contributed by atoms with Crippen molar-refractivity contribution in [1.82, 2.24) is 5.32 Å². The second-order valence-corrected chi connectivity index (χ2v) is 5.36. The number of halogens is 2. The van der Waals surface area contributed by atoms with Gasteiger partial charge in [0.15, 0.2) is 0 Å². The molecule has 1 aromatic rings. The van der Waals surface area contributed by atoms with E-state index in [2.05, 4.69) is 12.2 Å². The van der Waals surface area contributed by atoms with E-state index in [0.717, 1.165) is 19.4 Å². The van der Waals surface area contributed by atoms with Crippen molar-refractivity contribution >= 4 is 11.6 Å². The van der Waals surface area contributed by atoms with Gasteiger partial charge in [0.25, 0.3) is 0 Å². The van der Waals surface area contributed by atoms with Crippen LogP contribution in [0.5, 0.6) is 5.75 Å². The summed E-state index contributed by atoms with van der Waals surface area (Å²) in [6, 6.07) is 4.75. The molecule has 0 aliphatic heterocycles. The van der Waals surface area contributed by atoms with Crippen LogP contribution in [-0.2, 0) is 4.74 Å². The van der Waals surface area contributed by atoms with E-state index in [1.165, 1.54) is 12.1 Å². The maximum absolute atomic E-state index is 13.1. The van der Waals surface area contributed by atoms with Crippen LogP contribution in [0.1, 0.15) is 26.7 Å². The van der Waals surface area contributed by atoms with E-state index in [4.69, 9.17) is 21.1 Å². The third kappa shape index (κ3) is 3.62. The molecule has 112 valence electrons. The molecular weight excluding hydrogens is 281 g/mol. The maximum Gasteiger partial charge on any atom is 0.142 e. The van der Waals surface area contributed by atoms with Crippen molar-refractivity contribution in [3.05, 3.63) is 29.0 Å². The summed E-state index contributed by atoms with van der Waals surface area (Å²) in [7, 11) is 0. The first kappa shape index (κ1) is 15.5. The Morgan fingerprint density at radius 1 is 1.40 bits per heavy atom. The lowest BCUT2D eigenvalue weighted by Gasteiger charge is -2.44. The molecule has 0 heterocycles. The van der Waals surface area contributed by atoms with Gasteiger partial charge in [-0.05, 0) is 32.0 Å². The Morgan fingerprint density at radius 3 is 2.85 bits per heavy atom. The lowest BCUT2D eigenvalue weighted by atomic mass is 9.85. The van der Waals surface area contributed by atoms with Crippen LogP contribution in [0.15, 0.2) is 18.2 Å². The van der Waals surface area contributed by atoms with Crippen LogP contribution in [0.3, 0.4) is 0 Å². The Labute approximate surface area is 124 Å². The fourth-order valence-corrected chi connectivity index (χ4v) is 2.54. The quantitative estimate of drug-likeness (QED) is 0.837. The molecule has 0 saturated heterocycles. The number of rotatable bonds is 7. The number of nitrogens with one attached hydrogen (secondary N) is 1. The fraction of sp³-hybridized carbons (Fsp3) is 0.600. The van der Waals surface area contributed by atoms with Crippen LogP contribution in [-0.4, -0.2) is 31.4 Å². The van der Waals surface area contributed by atoms with Crippen molar-refractivity contribution in [3.63, 3.8) is 0 Å². The largest absolute Gasteiger partial charge is 0.488 e. The minimum Gasteiger partial charge on any atom is -0.488 e. The van der Waals surface area contributed by atoms with Crippen LogP contribution >= 0.6 is 11.6 Å². The summed E-state index contributed by atoms with van der Waals surface area (Å²) in [5.41, 5.74) is 0. The Morgan fingerprint density at radius 2 is 2.20 bits per heavy atom. The topological polar surface area (TPSA) is 30.5 Å². The summed E-state index contributed by atoms with van der Waals surface area (Å²) in [4.78, 5) is 0. The number of ether oxygens (including phenoxy) is 2. The molecule has 0 bridgehead atoms. The molecular formula is C15H21ClFNO2. The van der Waals surface area contributed by atoms with Gasteiger partial charge in [-0.15, -0.1) is 0 Å². The lowest BCUT2D eigenvalue weighted by Crippen LogP contribution is -2.61. The molecule has 1 N–H and O–H groups in total. The van der Waals surface area contributed by atoms with E-state index in [1.807, 2.05) is 6.92 Å². The van der Waals surface area contributed by atoms with E-state index in [-0.39, 0.29) is 17.2 Å². The van der Waals surface area contributed by atoms with Crippen molar-refractivity contribution in [2.75, 3.05) is 13.2 Å². The predicted octanol–water partition coefficient (Wildman–Crippen LogP) is 3.40. The second-order valence-electron chi connectivity index (χ2n) is 4.95. The molecule has 2 rings (SSSR count). The van der Waals surface area contributed by atoms with E-state index in [0.29, 0.717) is 18.4 Å². The van der Waals surface area contributed by atoms with Crippen molar-refractivity contribution < 1.29 is 13.9 Å². The van der Waals surface area contributed by atoms with Crippen molar-refractivity contribution in [1.29, 1.82) is 0 Å². The highest BCUT2D eigenvalue weighted by molar-refractivity contribution is 6.30. The highest BCUT2D eigenvalue weighted by Crippen LogP contribution is 2.30. The molecule has 5 heteroatoms. The smallest absolute Gasteiger partial charge is 0.142 e. The molecule has 0 spiro atoms. The predicted molar refractivity (Wildman–Crippen MR) is 77.9 cm³/mol. The molecule has 1 aliphatic rings. The molecule has 0 aromatic heterocycles. The van der Waals surface area contributed by atoms with Gasteiger partial charge < -0.3 is 14.8 Å². The molecule has 0 radical (unpaired) electrons. The Bertz CT molecular complexity index is 444. The molecule has 3 atom stereocenters. The highest BCUT2D eigenvalue weighted by atomic mass is 35.5. The van der Waals surface area contributed by atoms with E-state index in [9.17, 15) is 4.39 Å². The first-order valence-electron chi connectivity index (χ1n) is 7.12. The van der Waals surface area contributed by atoms with Gasteiger partial charge in [-0.25, -0.2) is 4.39 Å². The molecule has 20 heavy (non-hydrogen) atoms. The van der Waals surface area contributed by atoms with Crippen molar-refractivity contribution in [2.45, 2.75) is 44.9 Å². The van der Waals surface area contributed by atoms with Gasteiger partial charge in [0, 0.05) is 25.1 Å². The van der Waals surface area contributed by atoms with E-state index in [1.54, 1.807) is 6.07 Å². The number of hydrogen-bond acceptors (Lipinski definition) is 3. The summed E-state index contributed by atoms with van der Waals surface area (Å²) in [6.07, 6.45) is 2.01.